The first-order chi connectivity index (χ1) is 15.5. The van der Waals surface area contributed by atoms with Gasteiger partial charge in [-0.25, -0.2) is 9.82 Å². The van der Waals surface area contributed by atoms with Crippen molar-refractivity contribution in [3.05, 3.63) is 107 Å². The number of furan rings is 1. The Hall–Kier alpha value is -4.13. The maximum Gasteiger partial charge on any atom is 0.307 e. The molecule has 1 N–H and O–H groups in total. The smallest absolute Gasteiger partial charge is 0.307 e. The fraction of sp³-hybridized carbons (Fsp3) is 0.120. The second kappa shape index (κ2) is 9.34. The lowest BCUT2D eigenvalue weighted by Gasteiger charge is -2.11. The third-order valence-electron chi connectivity index (χ3n) is 5.00. The van der Waals surface area contributed by atoms with Crippen LogP contribution >= 0.6 is 0 Å². The average molecular weight is 431 g/mol. The van der Waals surface area contributed by atoms with Gasteiger partial charge in [0, 0.05) is 22.6 Å². The summed E-state index contributed by atoms with van der Waals surface area (Å²) in [7, 11) is 0. The number of amides is 1. The van der Waals surface area contributed by atoms with Crippen LogP contribution in [0.2, 0.25) is 0 Å². The van der Waals surface area contributed by atoms with Crippen molar-refractivity contribution in [3.63, 3.8) is 0 Å². The van der Waals surface area contributed by atoms with E-state index >= 15 is 0 Å². The zero-order chi connectivity index (χ0) is 22.5. The van der Waals surface area contributed by atoms with E-state index < -0.39 is 5.91 Å². The molecule has 0 spiro atoms. The summed E-state index contributed by atoms with van der Waals surface area (Å²) >= 11 is 0. The number of carbonyl (C=O) groups excluding carboxylic acids is 1. The predicted octanol–water partition coefficient (Wildman–Crippen LogP) is 5.17. The van der Waals surface area contributed by atoms with Gasteiger partial charge in [-0.05, 0) is 74.0 Å². The summed E-state index contributed by atoms with van der Waals surface area (Å²) in [5, 5.41) is 4.04. The first-order valence-corrected chi connectivity index (χ1v) is 10.0. The molecule has 0 unspecified atom stereocenters. The molecule has 0 atom stereocenters. The molecule has 2 aromatic carbocycles. The van der Waals surface area contributed by atoms with E-state index in [1.54, 1.807) is 30.5 Å². The normalized spacial score (nSPS) is 11.1. The number of rotatable bonds is 7. The Labute approximate surface area is 184 Å². The van der Waals surface area contributed by atoms with Gasteiger partial charge in [-0.15, -0.1) is 0 Å². The molecule has 0 saturated heterocycles. The minimum absolute atomic E-state index is 0.203. The first kappa shape index (κ1) is 21.1. The third-order valence-corrected chi connectivity index (χ3v) is 5.00. The number of benzene rings is 2. The maximum atomic E-state index is 13.0. The molecule has 0 aliphatic heterocycles. The van der Waals surface area contributed by atoms with Crippen LogP contribution in [0.3, 0.4) is 0 Å². The number of ether oxygens (including phenoxy) is 1. The fourth-order valence-corrected chi connectivity index (χ4v) is 3.38. The van der Waals surface area contributed by atoms with E-state index in [0.717, 1.165) is 34.0 Å². The highest BCUT2D eigenvalue weighted by Crippen LogP contribution is 2.22. The van der Waals surface area contributed by atoms with Crippen LogP contribution in [0.4, 0.5) is 4.39 Å². The lowest BCUT2D eigenvalue weighted by atomic mass is 10.2. The molecule has 0 fully saturated rings. The molecule has 32 heavy (non-hydrogen) atoms. The minimum Gasteiger partial charge on any atom is -0.489 e. The summed E-state index contributed by atoms with van der Waals surface area (Å²) in [5.41, 5.74) is 7.24. The summed E-state index contributed by atoms with van der Waals surface area (Å²) in [6.07, 6.45) is 3.05. The van der Waals surface area contributed by atoms with Crippen molar-refractivity contribution in [3.8, 4) is 11.4 Å². The van der Waals surface area contributed by atoms with Crippen LogP contribution in [-0.2, 0) is 6.61 Å². The van der Waals surface area contributed by atoms with Crippen LogP contribution in [0, 0.1) is 19.7 Å². The zero-order valence-corrected chi connectivity index (χ0v) is 17.7. The number of aryl methyl sites for hydroxylation is 1. The average Bonchev–Trinajstić information content (AvgIpc) is 3.42. The highest BCUT2D eigenvalue weighted by atomic mass is 19.1. The number of nitrogens with one attached hydrogen (secondary N) is 1. The number of hydrogen-bond acceptors (Lipinski definition) is 4. The molecule has 0 radical (unpaired) electrons. The van der Waals surface area contributed by atoms with Gasteiger partial charge in [0.2, 0.25) is 0 Å². The minimum atomic E-state index is -0.406. The van der Waals surface area contributed by atoms with Gasteiger partial charge in [0.1, 0.15) is 18.2 Å². The molecule has 0 saturated carbocycles. The summed E-state index contributed by atoms with van der Waals surface area (Å²) in [6.45, 7) is 4.36. The molecule has 2 aromatic heterocycles. The summed E-state index contributed by atoms with van der Waals surface area (Å²) in [5.74, 6) is 0.258. The van der Waals surface area contributed by atoms with Crippen LogP contribution in [-0.4, -0.2) is 16.7 Å². The molecular weight excluding hydrogens is 409 g/mol. The Bertz CT molecular complexity index is 1220. The Morgan fingerprint density at radius 2 is 1.88 bits per heavy atom. The van der Waals surface area contributed by atoms with Gasteiger partial charge in [0.15, 0.2) is 5.76 Å². The maximum absolute atomic E-state index is 13.0. The molecule has 0 aliphatic rings. The van der Waals surface area contributed by atoms with Gasteiger partial charge in [0.25, 0.3) is 0 Å². The van der Waals surface area contributed by atoms with Crippen molar-refractivity contribution >= 4 is 12.1 Å². The largest absolute Gasteiger partial charge is 0.489 e. The van der Waals surface area contributed by atoms with E-state index in [-0.39, 0.29) is 11.6 Å². The Morgan fingerprint density at radius 1 is 1.12 bits per heavy atom. The number of carbonyl (C=O) groups is 1. The quantitative estimate of drug-likeness (QED) is 0.324. The fourth-order valence-electron chi connectivity index (χ4n) is 3.38. The predicted molar refractivity (Wildman–Crippen MR) is 120 cm³/mol. The van der Waals surface area contributed by atoms with Crippen molar-refractivity contribution < 1.29 is 18.3 Å². The Morgan fingerprint density at radius 3 is 2.56 bits per heavy atom. The van der Waals surface area contributed by atoms with Crippen LogP contribution in [0.15, 0.2) is 82.5 Å². The Balaban J connectivity index is 1.43. The lowest BCUT2D eigenvalue weighted by molar-refractivity contribution is 0.0927. The van der Waals surface area contributed by atoms with E-state index in [4.69, 9.17) is 9.15 Å². The van der Waals surface area contributed by atoms with E-state index in [1.807, 2.05) is 44.2 Å². The van der Waals surface area contributed by atoms with Crippen molar-refractivity contribution in [1.29, 1.82) is 0 Å². The molecule has 4 aromatic rings. The van der Waals surface area contributed by atoms with E-state index in [1.165, 1.54) is 18.4 Å². The standard InChI is InChI=1S/C25H22FN3O3/c1-17-14-20(15-27-28-25(30)24-4-3-13-31-24)18(2)29(17)22-9-11-23(12-10-22)32-16-19-5-7-21(26)8-6-19/h3-15H,16H2,1-2H3,(H,28,30)/b27-15-. The van der Waals surface area contributed by atoms with Crippen LogP contribution in [0.25, 0.3) is 5.69 Å². The van der Waals surface area contributed by atoms with Crippen LogP contribution < -0.4 is 10.2 Å². The van der Waals surface area contributed by atoms with Gasteiger partial charge in [-0.1, -0.05) is 12.1 Å². The number of halogens is 1. The molecule has 6 nitrogen and oxygen atoms in total. The van der Waals surface area contributed by atoms with E-state index in [0.29, 0.717) is 6.61 Å². The summed E-state index contributed by atoms with van der Waals surface area (Å²) in [4.78, 5) is 11.9. The number of hydrazone groups is 1. The molecule has 7 heteroatoms. The number of aromatic nitrogens is 1. The van der Waals surface area contributed by atoms with Gasteiger partial charge in [-0.3, -0.25) is 4.79 Å². The highest BCUT2D eigenvalue weighted by molar-refractivity contribution is 5.92. The summed E-state index contributed by atoms with van der Waals surface area (Å²) in [6, 6.07) is 19.2. The molecule has 0 bridgehead atoms. The zero-order valence-electron chi connectivity index (χ0n) is 17.7. The van der Waals surface area contributed by atoms with Gasteiger partial charge >= 0.3 is 5.91 Å². The van der Waals surface area contributed by atoms with E-state index in [2.05, 4.69) is 15.1 Å². The van der Waals surface area contributed by atoms with Crippen LogP contribution in [0.1, 0.15) is 33.1 Å². The van der Waals surface area contributed by atoms with Gasteiger partial charge in [-0.2, -0.15) is 5.10 Å². The topological polar surface area (TPSA) is 68.8 Å². The second-order valence-corrected chi connectivity index (χ2v) is 7.25. The first-order valence-electron chi connectivity index (χ1n) is 10.0. The van der Waals surface area contributed by atoms with Gasteiger partial charge < -0.3 is 13.7 Å². The Kier molecular flexibility index (Phi) is 6.17. The lowest BCUT2D eigenvalue weighted by Crippen LogP contribution is -2.16. The SMILES string of the molecule is Cc1cc(/C=N\NC(=O)c2ccco2)c(C)n1-c1ccc(OCc2ccc(F)cc2)cc1. The molecule has 0 aliphatic carbocycles. The van der Waals surface area contributed by atoms with Crippen molar-refractivity contribution in [2.45, 2.75) is 20.5 Å². The van der Waals surface area contributed by atoms with Crippen molar-refractivity contribution in [2.24, 2.45) is 5.10 Å². The number of hydrogen-bond donors (Lipinski definition) is 1. The molecule has 1 amide bonds. The van der Waals surface area contributed by atoms with Crippen molar-refractivity contribution in [2.75, 3.05) is 0 Å². The molecule has 2 heterocycles. The summed E-state index contributed by atoms with van der Waals surface area (Å²) < 4.78 is 25.9. The third kappa shape index (κ3) is 4.78. The van der Waals surface area contributed by atoms with E-state index in [9.17, 15) is 9.18 Å². The second-order valence-electron chi connectivity index (χ2n) is 7.25. The van der Waals surface area contributed by atoms with Gasteiger partial charge in [0.05, 0.1) is 12.5 Å². The molecule has 162 valence electrons. The van der Waals surface area contributed by atoms with Crippen molar-refractivity contribution in [1.82, 2.24) is 9.99 Å². The highest BCUT2D eigenvalue weighted by Gasteiger charge is 2.11. The number of nitrogens with zero attached hydrogens (tertiary/aromatic N) is 2. The molecule has 4 rings (SSSR count). The molecular formula is C25H22FN3O3. The van der Waals surface area contributed by atoms with Crippen LogP contribution in [0.5, 0.6) is 5.75 Å². The monoisotopic (exact) mass is 431 g/mol.